The molecule has 8 heavy (non-hydrogen) atoms. The zero-order valence-corrected chi connectivity index (χ0v) is 6.05. The first-order valence-electron chi connectivity index (χ1n) is 2.43. The molecule has 0 heterocycles. The van der Waals surface area contributed by atoms with Crippen molar-refractivity contribution in [2.24, 2.45) is 10.3 Å². The number of nitrogens with zero attached hydrogens (tertiary/aromatic N) is 3. The van der Waals surface area contributed by atoms with Crippen LogP contribution in [0.1, 0.15) is 13.8 Å². The molecule has 4 heteroatoms. The second kappa shape index (κ2) is 3.66. The molecule has 0 fully saturated rings. The topological polar surface area (TPSA) is 28.0 Å². The maximum Gasteiger partial charge on any atom is 0.0609 e. The molecule has 0 N–H and O–H groups in total. The Morgan fingerprint density at radius 3 is 2.12 bits per heavy atom. The van der Waals surface area contributed by atoms with Crippen LogP contribution in [-0.4, -0.2) is 17.6 Å². The van der Waals surface area contributed by atoms with Gasteiger partial charge in [0.15, 0.2) is 0 Å². The van der Waals surface area contributed by atoms with Gasteiger partial charge in [0.2, 0.25) is 0 Å². The van der Waals surface area contributed by atoms with Gasteiger partial charge in [-0.05, 0) is 13.8 Å². The molecular weight excluding hydrogens is 126 g/mol. The van der Waals surface area contributed by atoms with Crippen LogP contribution >= 0.6 is 11.8 Å². The van der Waals surface area contributed by atoms with E-state index in [-0.39, 0.29) is 6.04 Å². The summed E-state index contributed by atoms with van der Waals surface area (Å²) in [5.41, 5.74) is 0. The highest BCUT2D eigenvalue weighted by Crippen LogP contribution is 2.01. The summed E-state index contributed by atoms with van der Waals surface area (Å²) in [6, 6.07) is 0.209. The molecule has 0 atom stereocenters. The smallest absolute Gasteiger partial charge is 0.0609 e. The SMILES string of the molecule is CN=NN(Cl)C(C)C. The standard InChI is InChI=1S/C4H10ClN3/c1-4(2)8(5)7-6-3/h4H,1-3H3. The van der Waals surface area contributed by atoms with E-state index in [0.717, 1.165) is 0 Å². The number of hydrogen-bond acceptors (Lipinski definition) is 2. The molecule has 0 aliphatic heterocycles. The predicted octanol–water partition coefficient (Wildman–Crippen LogP) is 1.85. The van der Waals surface area contributed by atoms with Crippen molar-refractivity contribution in [3.8, 4) is 0 Å². The lowest BCUT2D eigenvalue weighted by Crippen LogP contribution is -2.13. The van der Waals surface area contributed by atoms with Crippen molar-refractivity contribution < 1.29 is 0 Å². The van der Waals surface area contributed by atoms with Crippen LogP contribution in [0.25, 0.3) is 0 Å². The van der Waals surface area contributed by atoms with Crippen LogP contribution < -0.4 is 0 Å². The Morgan fingerprint density at radius 2 is 2.00 bits per heavy atom. The summed E-state index contributed by atoms with van der Waals surface area (Å²) in [6.45, 7) is 3.86. The normalized spacial score (nSPS) is 11.1. The minimum Gasteiger partial charge on any atom is -0.185 e. The molecule has 0 aromatic rings. The molecule has 0 aliphatic rings. The van der Waals surface area contributed by atoms with Gasteiger partial charge in [0.25, 0.3) is 0 Å². The van der Waals surface area contributed by atoms with Crippen molar-refractivity contribution >= 4 is 11.8 Å². The van der Waals surface area contributed by atoms with E-state index >= 15 is 0 Å². The van der Waals surface area contributed by atoms with Crippen molar-refractivity contribution in [1.29, 1.82) is 0 Å². The summed E-state index contributed by atoms with van der Waals surface area (Å²) in [5.74, 6) is 0. The second-order valence-electron chi connectivity index (χ2n) is 1.67. The molecule has 0 aromatic heterocycles. The van der Waals surface area contributed by atoms with E-state index in [4.69, 9.17) is 11.8 Å². The Morgan fingerprint density at radius 1 is 1.50 bits per heavy atom. The van der Waals surface area contributed by atoms with Gasteiger partial charge in [-0.2, -0.15) is 9.64 Å². The lowest BCUT2D eigenvalue weighted by Gasteiger charge is -2.09. The summed E-state index contributed by atoms with van der Waals surface area (Å²) in [6.07, 6.45) is 0. The van der Waals surface area contributed by atoms with Crippen molar-refractivity contribution in [1.82, 2.24) is 4.53 Å². The van der Waals surface area contributed by atoms with Crippen LogP contribution in [-0.2, 0) is 0 Å². The first-order chi connectivity index (χ1) is 3.68. The van der Waals surface area contributed by atoms with E-state index in [1.54, 1.807) is 7.05 Å². The summed E-state index contributed by atoms with van der Waals surface area (Å²) in [5, 5.41) is 7.02. The summed E-state index contributed by atoms with van der Waals surface area (Å²) in [7, 11) is 1.58. The molecule has 0 spiro atoms. The molecule has 0 bridgehead atoms. The molecule has 0 aromatic carbocycles. The van der Waals surface area contributed by atoms with E-state index in [1.807, 2.05) is 13.8 Å². The highest BCUT2D eigenvalue weighted by Gasteiger charge is 1.98. The maximum atomic E-state index is 5.49. The van der Waals surface area contributed by atoms with Crippen molar-refractivity contribution in [2.75, 3.05) is 7.05 Å². The van der Waals surface area contributed by atoms with Gasteiger partial charge in [0, 0.05) is 11.8 Å². The molecule has 0 saturated heterocycles. The highest BCUT2D eigenvalue weighted by molar-refractivity contribution is 6.13. The number of hydrogen-bond donors (Lipinski definition) is 0. The average Bonchev–Trinajstić information content (AvgIpc) is 1.67. The largest absolute Gasteiger partial charge is 0.185 e. The van der Waals surface area contributed by atoms with Gasteiger partial charge in [0.05, 0.1) is 13.1 Å². The van der Waals surface area contributed by atoms with Gasteiger partial charge in [-0.25, -0.2) is 0 Å². The fraction of sp³-hybridized carbons (Fsp3) is 1.00. The lowest BCUT2D eigenvalue weighted by molar-refractivity contribution is 0.377. The zero-order valence-electron chi connectivity index (χ0n) is 5.30. The molecule has 0 amide bonds. The Bertz CT molecular complexity index is 81.4. The molecule has 0 rings (SSSR count). The summed E-state index contributed by atoms with van der Waals surface area (Å²) in [4.78, 5) is 0. The Kier molecular flexibility index (Phi) is 3.52. The quantitative estimate of drug-likeness (QED) is 0.323. The number of rotatable bonds is 2. The third-order valence-electron chi connectivity index (χ3n) is 0.601. The average molecular weight is 136 g/mol. The van der Waals surface area contributed by atoms with Gasteiger partial charge in [-0.1, -0.05) is 5.22 Å². The van der Waals surface area contributed by atoms with Crippen LogP contribution in [0.4, 0.5) is 0 Å². The van der Waals surface area contributed by atoms with Gasteiger partial charge in [-0.15, -0.1) is 0 Å². The lowest BCUT2D eigenvalue weighted by atomic mass is 10.4. The van der Waals surface area contributed by atoms with Gasteiger partial charge in [-0.3, -0.25) is 0 Å². The molecule has 48 valence electrons. The van der Waals surface area contributed by atoms with Crippen molar-refractivity contribution in [3.63, 3.8) is 0 Å². The van der Waals surface area contributed by atoms with Crippen LogP contribution in [0.15, 0.2) is 10.3 Å². The van der Waals surface area contributed by atoms with E-state index in [1.165, 1.54) is 4.53 Å². The predicted molar refractivity (Wildman–Crippen MR) is 33.6 cm³/mol. The fourth-order valence-corrected chi connectivity index (χ4v) is 0.256. The van der Waals surface area contributed by atoms with Crippen molar-refractivity contribution in [2.45, 2.75) is 19.9 Å². The minimum absolute atomic E-state index is 0.209. The Hall–Kier alpha value is -0.310. The highest BCUT2D eigenvalue weighted by atomic mass is 35.5. The first-order valence-corrected chi connectivity index (χ1v) is 2.77. The fourth-order valence-electron chi connectivity index (χ4n) is 0.189. The van der Waals surface area contributed by atoms with E-state index < -0.39 is 0 Å². The maximum absolute atomic E-state index is 5.49. The monoisotopic (exact) mass is 135 g/mol. The Labute approximate surface area is 54.4 Å². The zero-order chi connectivity index (χ0) is 6.57. The Balaban J connectivity index is 3.47. The van der Waals surface area contributed by atoms with E-state index in [0.29, 0.717) is 0 Å². The van der Waals surface area contributed by atoms with Gasteiger partial charge < -0.3 is 0 Å². The summed E-state index contributed by atoms with van der Waals surface area (Å²) < 4.78 is 1.28. The minimum atomic E-state index is 0.209. The first kappa shape index (κ1) is 7.69. The molecule has 0 unspecified atom stereocenters. The third-order valence-corrected chi connectivity index (χ3v) is 1.06. The number of halogens is 1. The van der Waals surface area contributed by atoms with E-state index in [2.05, 4.69) is 10.3 Å². The van der Waals surface area contributed by atoms with Gasteiger partial charge in [0.1, 0.15) is 0 Å². The van der Waals surface area contributed by atoms with E-state index in [9.17, 15) is 0 Å². The molecule has 0 aliphatic carbocycles. The molecule has 0 saturated carbocycles. The van der Waals surface area contributed by atoms with Crippen LogP contribution in [0.3, 0.4) is 0 Å². The van der Waals surface area contributed by atoms with Crippen LogP contribution in [0.5, 0.6) is 0 Å². The third kappa shape index (κ3) is 2.80. The van der Waals surface area contributed by atoms with Crippen LogP contribution in [0.2, 0.25) is 0 Å². The van der Waals surface area contributed by atoms with Gasteiger partial charge >= 0.3 is 0 Å². The molecule has 3 nitrogen and oxygen atoms in total. The molecular formula is C4H10ClN3. The summed E-state index contributed by atoms with van der Waals surface area (Å²) >= 11 is 5.49. The van der Waals surface area contributed by atoms with Crippen molar-refractivity contribution in [3.05, 3.63) is 0 Å². The second-order valence-corrected chi connectivity index (χ2v) is 2.02. The molecule has 0 radical (unpaired) electrons. The van der Waals surface area contributed by atoms with Crippen LogP contribution in [0, 0.1) is 0 Å².